The van der Waals surface area contributed by atoms with Gasteiger partial charge in [0.15, 0.2) is 11.5 Å². The zero-order chi connectivity index (χ0) is 12.8. The van der Waals surface area contributed by atoms with Crippen LogP contribution in [-0.2, 0) is 13.0 Å². The van der Waals surface area contributed by atoms with Crippen LogP contribution in [0.5, 0.6) is 11.5 Å². The molecule has 0 radical (unpaired) electrons. The number of methoxy groups -OCH3 is 1. The van der Waals surface area contributed by atoms with Crippen molar-refractivity contribution in [2.24, 2.45) is 0 Å². The fraction of sp³-hybridized carbons (Fsp3) is 0.357. The Kier molecular flexibility index (Phi) is 4.23. The summed E-state index contributed by atoms with van der Waals surface area (Å²) in [4.78, 5) is 4.28. The van der Waals surface area contributed by atoms with Crippen molar-refractivity contribution >= 4 is 0 Å². The second-order valence-corrected chi connectivity index (χ2v) is 3.89. The number of hydrogen-bond acceptors (Lipinski definition) is 3. The third-order valence-electron chi connectivity index (χ3n) is 2.78. The fourth-order valence-electron chi connectivity index (χ4n) is 1.85. The summed E-state index contributed by atoms with van der Waals surface area (Å²) in [6.45, 7) is 3.49. The molecule has 0 aliphatic heterocycles. The Labute approximate surface area is 107 Å². The van der Waals surface area contributed by atoms with Gasteiger partial charge in [-0.3, -0.25) is 0 Å². The first-order valence-corrected chi connectivity index (χ1v) is 6.11. The Balaban J connectivity index is 1.92. The standard InChI is InChI=1S/C14H18N2O2/c1-3-14-15-8-9-16(14)10-11-18-13-7-5-4-6-12(13)17-2/h4-9H,3,10-11H2,1-2H3. The normalized spacial score (nSPS) is 10.3. The van der Waals surface area contributed by atoms with Gasteiger partial charge in [-0.05, 0) is 12.1 Å². The van der Waals surface area contributed by atoms with Gasteiger partial charge < -0.3 is 14.0 Å². The molecule has 0 aliphatic carbocycles. The van der Waals surface area contributed by atoms with Gasteiger partial charge in [-0.15, -0.1) is 0 Å². The van der Waals surface area contributed by atoms with E-state index in [1.165, 1.54) is 0 Å². The van der Waals surface area contributed by atoms with Crippen molar-refractivity contribution in [3.05, 3.63) is 42.5 Å². The summed E-state index contributed by atoms with van der Waals surface area (Å²) in [5, 5.41) is 0. The van der Waals surface area contributed by atoms with E-state index in [0.717, 1.165) is 30.3 Å². The van der Waals surface area contributed by atoms with E-state index in [2.05, 4.69) is 16.5 Å². The third kappa shape index (κ3) is 2.83. The summed E-state index contributed by atoms with van der Waals surface area (Å²) in [7, 11) is 1.65. The molecule has 2 rings (SSSR count). The SMILES string of the molecule is CCc1nccn1CCOc1ccccc1OC. The van der Waals surface area contributed by atoms with Crippen LogP contribution in [0.4, 0.5) is 0 Å². The Morgan fingerprint density at radius 2 is 2.00 bits per heavy atom. The van der Waals surface area contributed by atoms with Crippen molar-refractivity contribution in [2.75, 3.05) is 13.7 Å². The zero-order valence-electron chi connectivity index (χ0n) is 10.8. The molecule has 4 heteroatoms. The number of benzene rings is 1. The Morgan fingerprint density at radius 1 is 1.22 bits per heavy atom. The molecular weight excluding hydrogens is 228 g/mol. The van der Waals surface area contributed by atoms with Gasteiger partial charge in [0.2, 0.25) is 0 Å². The molecule has 2 aromatic rings. The largest absolute Gasteiger partial charge is 0.493 e. The van der Waals surface area contributed by atoms with Crippen molar-refractivity contribution in [3.63, 3.8) is 0 Å². The summed E-state index contributed by atoms with van der Waals surface area (Å²) in [6, 6.07) is 7.67. The predicted molar refractivity (Wildman–Crippen MR) is 70.1 cm³/mol. The highest BCUT2D eigenvalue weighted by Gasteiger charge is 2.03. The number of ether oxygens (including phenoxy) is 2. The van der Waals surface area contributed by atoms with Crippen LogP contribution >= 0.6 is 0 Å². The van der Waals surface area contributed by atoms with E-state index in [4.69, 9.17) is 9.47 Å². The number of rotatable bonds is 6. The van der Waals surface area contributed by atoms with Gasteiger partial charge in [0.1, 0.15) is 12.4 Å². The third-order valence-corrected chi connectivity index (χ3v) is 2.78. The average Bonchev–Trinajstić information content (AvgIpc) is 2.87. The van der Waals surface area contributed by atoms with Crippen molar-refractivity contribution in [1.29, 1.82) is 0 Å². The van der Waals surface area contributed by atoms with Crippen molar-refractivity contribution in [1.82, 2.24) is 9.55 Å². The molecule has 0 saturated carbocycles. The molecule has 0 saturated heterocycles. The summed E-state index contributed by atoms with van der Waals surface area (Å²) >= 11 is 0. The Morgan fingerprint density at radius 3 is 2.72 bits per heavy atom. The smallest absolute Gasteiger partial charge is 0.161 e. The van der Waals surface area contributed by atoms with Crippen LogP contribution in [0.2, 0.25) is 0 Å². The molecule has 0 bridgehead atoms. The van der Waals surface area contributed by atoms with E-state index < -0.39 is 0 Å². The minimum atomic E-state index is 0.601. The lowest BCUT2D eigenvalue weighted by Crippen LogP contribution is -2.10. The quantitative estimate of drug-likeness (QED) is 0.786. The van der Waals surface area contributed by atoms with Gasteiger partial charge >= 0.3 is 0 Å². The van der Waals surface area contributed by atoms with Crippen LogP contribution < -0.4 is 9.47 Å². The molecule has 1 heterocycles. The highest BCUT2D eigenvalue weighted by Crippen LogP contribution is 2.25. The lowest BCUT2D eigenvalue weighted by atomic mass is 10.3. The van der Waals surface area contributed by atoms with E-state index in [1.54, 1.807) is 7.11 Å². The zero-order valence-corrected chi connectivity index (χ0v) is 10.8. The average molecular weight is 246 g/mol. The van der Waals surface area contributed by atoms with E-state index in [0.29, 0.717) is 6.61 Å². The van der Waals surface area contributed by atoms with E-state index in [9.17, 15) is 0 Å². The van der Waals surface area contributed by atoms with Crippen LogP contribution in [0.1, 0.15) is 12.7 Å². The molecular formula is C14H18N2O2. The second-order valence-electron chi connectivity index (χ2n) is 3.89. The minimum Gasteiger partial charge on any atom is -0.493 e. The van der Waals surface area contributed by atoms with E-state index in [1.807, 2.05) is 36.7 Å². The van der Waals surface area contributed by atoms with Crippen molar-refractivity contribution in [3.8, 4) is 11.5 Å². The highest BCUT2D eigenvalue weighted by atomic mass is 16.5. The van der Waals surface area contributed by atoms with Gasteiger partial charge in [0.05, 0.1) is 13.7 Å². The molecule has 0 atom stereocenters. The summed E-state index contributed by atoms with van der Waals surface area (Å²) < 4.78 is 13.1. The van der Waals surface area contributed by atoms with Crippen LogP contribution in [-0.4, -0.2) is 23.3 Å². The first-order valence-electron chi connectivity index (χ1n) is 6.11. The van der Waals surface area contributed by atoms with E-state index >= 15 is 0 Å². The maximum absolute atomic E-state index is 5.73. The Hall–Kier alpha value is -1.97. The predicted octanol–water partition coefficient (Wildman–Crippen LogP) is 2.53. The minimum absolute atomic E-state index is 0.601. The van der Waals surface area contributed by atoms with Gasteiger partial charge in [0, 0.05) is 18.8 Å². The molecule has 96 valence electrons. The second kappa shape index (κ2) is 6.10. The molecule has 0 unspecified atom stereocenters. The Bertz CT molecular complexity index is 494. The number of aromatic nitrogens is 2. The molecule has 1 aromatic carbocycles. The molecule has 18 heavy (non-hydrogen) atoms. The van der Waals surface area contributed by atoms with Crippen molar-refractivity contribution < 1.29 is 9.47 Å². The highest BCUT2D eigenvalue weighted by molar-refractivity contribution is 5.39. The molecule has 0 aliphatic rings. The number of para-hydroxylation sites is 2. The monoisotopic (exact) mass is 246 g/mol. The van der Waals surface area contributed by atoms with Crippen LogP contribution in [0.3, 0.4) is 0 Å². The maximum atomic E-state index is 5.73. The van der Waals surface area contributed by atoms with Crippen LogP contribution in [0.15, 0.2) is 36.7 Å². The van der Waals surface area contributed by atoms with Crippen LogP contribution in [0, 0.1) is 0 Å². The van der Waals surface area contributed by atoms with Crippen LogP contribution in [0.25, 0.3) is 0 Å². The number of nitrogens with zero attached hydrogens (tertiary/aromatic N) is 2. The van der Waals surface area contributed by atoms with Gasteiger partial charge in [-0.25, -0.2) is 4.98 Å². The molecule has 0 amide bonds. The van der Waals surface area contributed by atoms with Gasteiger partial charge in [-0.1, -0.05) is 19.1 Å². The lowest BCUT2D eigenvalue weighted by molar-refractivity contribution is 0.278. The number of hydrogen-bond donors (Lipinski definition) is 0. The van der Waals surface area contributed by atoms with Gasteiger partial charge in [0.25, 0.3) is 0 Å². The molecule has 1 aromatic heterocycles. The van der Waals surface area contributed by atoms with Crippen molar-refractivity contribution in [2.45, 2.75) is 19.9 Å². The fourth-order valence-corrected chi connectivity index (χ4v) is 1.85. The number of imidazole rings is 1. The first kappa shape index (κ1) is 12.5. The molecule has 0 N–H and O–H groups in total. The molecule has 0 spiro atoms. The summed E-state index contributed by atoms with van der Waals surface area (Å²) in [5.74, 6) is 2.62. The molecule has 0 fully saturated rings. The summed E-state index contributed by atoms with van der Waals surface area (Å²) in [5.41, 5.74) is 0. The summed E-state index contributed by atoms with van der Waals surface area (Å²) in [6.07, 6.45) is 4.73. The van der Waals surface area contributed by atoms with Gasteiger partial charge in [-0.2, -0.15) is 0 Å². The molecule has 4 nitrogen and oxygen atoms in total. The van der Waals surface area contributed by atoms with E-state index in [-0.39, 0.29) is 0 Å². The first-order chi connectivity index (χ1) is 8.85. The number of aryl methyl sites for hydroxylation is 1. The lowest BCUT2D eigenvalue weighted by Gasteiger charge is -2.11. The maximum Gasteiger partial charge on any atom is 0.161 e. The topological polar surface area (TPSA) is 36.3 Å².